The number of rotatable bonds is 3. The lowest BCUT2D eigenvalue weighted by Crippen LogP contribution is -2.52. The molecule has 0 radical (unpaired) electrons. The molecule has 0 saturated carbocycles. The van der Waals surface area contributed by atoms with Crippen LogP contribution in [0.3, 0.4) is 0 Å². The van der Waals surface area contributed by atoms with Crippen molar-refractivity contribution in [3.63, 3.8) is 0 Å². The zero-order valence-corrected chi connectivity index (χ0v) is 10.7. The van der Waals surface area contributed by atoms with E-state index in [1.165, 1.54) is 6.20 Å². The summed E-state index contributed by atoms with van der Waals surface area (Å²) in [6, 6.07) is 1.46. The van der Waals surface area contributed by atoms with E-state index >= 15 is 0 Å². The molecule has 1 saturated heterocycles. The van der Waals surface area contributed by atoms with Gasteiger partial charge in [-0.2, -0.15) is 5.26 Å². The van der Waals surface area contributed by atoms with Gasteiger partial charge in [0.2, 0.25) is 0 Å². The first-order valence-electron chi connectivity index (χ1n) is 6.06. The van der Waals surface area contributed by atoms with E-state index in [0.29, 0.717) is 31.9 Å². The molecule has 0 spiro atoms. The average Bonchev–Trinajstić information content (AvgIpc) is 2.46. The second-order valence-electron chi connectivity index (χ2n) is 4.41. The number of anilines is 1. The van der Waals surface area contributed by atoms with Gasteiger partial charge in [0.05, 0.1) is 12.4 Å². The van der Waals surface area contributed by atoms with E-state index in [2.05, 4.69) is 9.97 Å². The normalized spacial score (nSPS) is 17.8. The lowest BCUT2D eigenvalue weighted by molar-refractivity contribution is -0.142. The van der Waals surface area contributed by atoms with Crippen molar-refractivity contribution in [3.05, 3.63) is 18.1 Å². The van der Waals surface area contributed by atoms with E-state index in [1.54, 1.807) is 13.1 Å². The smallest absolute Gasteiger partial charge is 0.320 e. The summed E-state index contributed by atoms with van der Waals surface area (Å²) < 4.78 is 0. The number of nitrogens with zero attached hydrogens (tertiary/aromatic N) is 5. The molecule has 1 aromatic heterocycles. The van der Waals surface area contributed by atoms with Crippen molar-refractivity contribution in [1.82, 2.24) is 14.9 Å². The van der Waals surface area contributed by atoms with Gasteiger partial charge in [-0.25, -0.2) is 9.97 Å². The molecule has 7 heteroatoms. The Morgan fingerprint density at radius 2 is 2.05 bits per heavy atom. The summed E-state index contributed by atoms with van der Waals surface area (Å²) in [5.74, 6) is -0.0757. The highest BCUT2D eigenvalue weighted by Gasteiger charge is 2.25. The van der Waals surface area contributed by atoms with E-state index in [9.17, 15) is 4.79 Å². The SMILES string of the molecule is CC(C(=O)O)N1CCN(c2cnc(C#N)cn2)CC1. The number of nitriles is 1. The van der Waals surface area contributed by atoms with Crippen molar-refractivity contribution in [2.75, 3.05) is 31.1 Å². The van der Waals surface area contributed by atoms with Crippen LogP contribution in [0.2, 0.25) is 0 Å². The average molecular weight is 261 g/mol. The Labute approximate surface area is 111 Å². The van der Waals surface area contributed by atoms with Crippen LogP contribution < -0.4 is 4.90 Å². The Kier molecular flexibility index (Phi) is 3.92. The van der Waals surface area contributed by atoms with Crippen LogP contribution in [0.1, 0.15) is 12.6 Å². The molecule has 1 aromatic rings. The third-order valence-electron chi connectivity index (χ3n) is 3.30. The maximum Gasteiger partial charge on any atom is 0.320 e. The lowest BCUT2D eigenvalue weighted by Gasteiger charge is -2.36. The van der Waals surface area contributed by atoms with Crippen LogP contribution in [0.5, 0.6) is 0 Å². The molecule has 1 atom stereocenters. The van der Waals surface area contributed by atoms with E-state index < -0.39 is 12.0 Å². The molecular formula is C12H15N5O2. The highest BCUT2D eigenvalue weighted by molar-refractivity contribution is 5.72. The minimum atomic E-state index is -0.799. The topological polar surface area (TPSA) is 93.4 Å². The number of carbonyl (C=O) groups is 1. The Morgan fingerprint density at radius 3 is 2.53 bits per heavy atom. The minimum Gasteiger partial charge on any atom is -0.480 e. The second-order valence-corrected chi connectivity index (χ2v) is 4.41. The van der Waals surface area contributed by atoms with Crippen LogP contribution in [0.25, 0.3) is 0 Å². The molecule has 2 rings (SSSR count). The predicted molar refractivity (Wildman–Crippen MR) is 67.6 cm³/mol. The quantitative estimate of drug-likeness (QED) is 0.814. The molecule has 1 aliphatic rings. The van der Waals surface area contributed by atoms with Gasteiger partial charge in [-0.1, -0.05) is 0 Å². The van der Waals surface area contributed by atoms with Gasteiger partial charge in [0.25, 0.3) is 0 Å². The Balaban J connectivity index is 1.96. The number of aliphatic carboxylic acids is 1. The first-order valence-corrected chi connectivity index (χ1v) is 6.06. The molecule has 7 nitrogen and oxygen atoms in total. The Hall–Kier alpha value is -2.20. The summed E-state index contributed by atoms with van der Waals surface area (Å²) in [5, 5.41) is 17.6. The maximum absolute atomic E-state index is 10.9. The minimum absolute atomic E-state index is 0.293. The monoisotopic (exact) mass is 261 g/mol. The van der Waals surface area contributed by atoms with E-state index in [4.69, 9.17) is 10.4 Å². The van der Waals surface area contributed by atoms with Crippen LogP contribution in [-0.2, 0) is 4.79 Å². The van der Waals surface area contributed by atoms with Crippen LogP contribution in [0.4, 0.5) is 5.82 Å². The third-order valence-corrected chi connectivity index (χ3v) is 3.30. The first-order chi connectivity index (χ1) is 9.11. The lowest BCUT2D eigenvalue weighted by atomic mass is 10.2. The molecule has 19 heavy (non-hydrogen) atoms. The second kappa shape index (κ2) is 5.63. The van der Waals surface area contributed by atoms with E-state index in [1.807, 2.05) is 15.9 Å². The molecule has 1 fully saturated rings. The molecule has 0 amide bonds. The van der Waals surface area contributed by atoms with Crippen molar-refractivity contribution >= 4 is 11.8 Å². The van der Waals surface area contributed by atoms with Crippen LogP contribution in [-0.4, -0.2) is 58.2 Å². The van der Waals surface area contributed by atoms with Crippen molar-refractivity contribution < 1.29 is 9.90 Å². The number of hydrogen-bond acceptors (Lipinski definition) is 6. The van der Waals surface area contributed by atoms with Crippen molar-refractivity contribution in [2.45, 2.75) is 13.0 Å². The van der Waals surface area contributed by atoms with Gasteiger partial charge in [-0.3, -0.25) is 9.69 Å². The molecule has 1 unspecified atom stereocenters. The predicted octanol–water partition coefficient (Wildman–Crippen LogP) is -0.0566. The molecule has 1 N–H and O–H groups in total. The zero-order chi connectivity index (χ0) is 13.8. The molecule has 0 aliphatic carbocycles. The fraction of sp³-hybridized carbons (Fsp3) is 0.500. The largest absolute Gasteiger partial charge is 0.480 e. The van der Waals surface area contributed by atoms with Gasteiger partial charge in [0, 0.05) is 26.2 Å². The number of aromatic nitrogens is 2. The van der Waals surface area contributed by atoms with Crippen molar-refractivity contribution in [1.29, 1.82) is 5.26 Å². The Morgan fingerprint density at radius 1 is 1.37 bits per heavy atom. The summed E-state index contributed by atoms with van der Waals surface area (Å²) in [4.78, 5) is 23.0. The highest BCUT2D eigenvalue weighted by atomic mass is 16.4. The standard InChI is InChI=1S/C12H15N5O2/c1-9(12(18)19)16-2-4-17(5-3-16)11-8-14-10(6-13)7-15-11/h7-9H,2-5H2,1H3,(H,18,19). The fourth-order valence-corrected chi connectivity index (χ4v) is 2.04. The maximum atomic E-state index is 10.9. The van der Waals surface area contributed by atoms with Crippen LogP contribution >= 0.6 is 0 Å². The van der Waals surface area contributed by atoms with Crippen molar-refractivity contribution in [3.8, 4) is 6.07 Å². The molecular weight excluding hydrogens is 246 g/mol. The van der Waals surface area contributed by atoms with Gasteiger partial charge in [0.15, 0.2) is 5.69 Å². The first kappa shape index (κ1) is 13.2. The molecule has 2 heterocycles. The third kappa shape index (κ3) is 2.98. The van der Waals surface area contributed by atoms with Gasteiger partial charge in [-0.15, -0.1) is 0 Å². The van der Waals surface area contributed by atoms with E-state index in [0.717, 1.165) is 5.82 Å². The highest BCUT2D eigenvalue weighted by Crippen LogP contribution is 2.13. The van der Waals surface area contributed by atoms with Crippen LogP contribution in [0, 0.1) is 11.3 Å². The summed E-state index contributed by atoms with van der Waals surface area (Å²) in [7, 11) is 0. The zero-order valence-electron chi connectivity index (χ0n) is 10.7. The number of carboxylic acids is 1. The number of piperazine rings is 1. The molecule has 1 aliphatic heterocycles. The van der Waals surface area contributed by atoms with Gasteiger partial charge in [0.1, 0.15) is 17.9 Å². The van der Waals surface area contributed by atoms with Crippen LogP contribution in [0.15, 0.2) is 12.4 Å². The van der Waals surface area contributed by atoms with Crippen molar-refractivity contribution in [2.24, 2.45) is 0 Å². The number of carboxylic acid groups (broad SMARTS) is 1. The van der Waals surface area contributed by atoms with Gasteiger partial charge >= 0.3 is 5.97 Å². The summed E-state index contributed by atoms with van der Waals surface area (Å²) in [6.45, 7) is 4.46. The summed E-state index contributed by atoms with van der Waals surface area (Å²) in [5.41, 5.74) is 0.293. The molecule has 0 bridgehead atoms. The Bertz CT molecular complexity index is 488. The fourth-order valence-electron chi connectivity index (χ4n) is 2.04. The molecule has 100 valence electrons. The molecule has 0 aromatic carbocycles. The summed E-state index contributed by atoms with van der Waals surface area (Å²) in [6.07, 6.45) is 3.02. The summed E-state index contributed by atoms with van der Waals surface area (Å²) >= 11 is 0. The van der Waals surface area contributed by atoms with Gasteiger partial charge in [-0.05, 0) is 6.92 Å². The van der Waals surface area contributed by atoms with E-state index in [-0.39, 0.29) is 0 Å². The number of hydrogen-bond donors (Lipinski definition) is 1. The van der Waals surface area contributed by atoms with Gasteiger partial charge < -0.3 is 10.0 Å².